The minimum atomic E-state index is -0.162. The number of halogens is 2. The van der Waals surface area contributed by atoms with Crippen LogP contribution in [0.15, 0.2) is 29.3 Å². The third-order valence-electron chi connectivity index (χ3n) is 5.03. The van der Waals surface area contributed by atoms with E-state index in [1.807, 2.05) is 6.07 Å². The zero-order valence-corrected chi connectivity index (χ0v) is 17.3. The van der Waals surface area contributed by atoms with Gasteiger partial charge in [0.25, 0.3) is 0 Å². The van der Waals surface area contributed by atoms with Gasteiger partial charge in [0.15, 0.2) is 5.96 Å². The van der Waals surface area contributed by atoms with E-state index in [2.05, 4.69) is 17.1 Å². The molecule has 0 radical (unpaired) electrons. The van der Waals surface area contributed by atoms with Crippen LogP contribution < -0.4 is 5.32 Å². The Morgan fingerprint density at radius 3 is 3.00 bits per heavy atom. The number of guanidine groups is 1. The van der Waals surface area contributed by atoms with Gasteiger partial charge in [-0.3, -0.25) is 4.99 Å². The Morgan fingerprint density at radius 1 is 1.40 bits per heavy atom. The minimum Gasteiger partial charge on any atom is -0.381 e. The average Bonchev–Trinajstić information content (AvgIpc) is 3.21. The fraction of sp³-hybridized carbons (Fsp3) is 0.632. The lowest BCUT2D eigenvalue weighted by Gasteiger charge is -2.25. The van der Waals surface area contributed by atoms with E-state index >= 15 is 0 Å². The molecule has 1 aromatic carbocycles. The van der Waals surface area contributed by atoms with Crippen molar-refractivity contribution in [1.29, 1.82) is 0 Å². The highest BCUT2D eigenvalue weighted by Crippen LogP contribution is 2.38. The maximum Gasteiger partial charge on any atom is 0.193 e. The van der Waals surface area contributed by atoms with E-state index in [1.165, 1.54) is 18.9 Å². The summed E-state index contributed by atoms with van der Waals surface area (Å²) in [6, 6.07) is 6.84. The van der Waals surface area contributed by atoms with E-state index in [1.54, 1.807) is 12.1 Å². The van der Waals surface area contributed by atoms with Gasteiger partial charge < -0.3 is 15.0 Å². The van der Waals surface area contributed by atoms with E-state index < -0.39 is 0 Å². The molecule has 3 rings (SSSR count). The Kier molecular flexibility index (Phi) is 7.93. The van der Waals surface area contributed by atoms with Crippen molar-refractivity contribution in [3.63, 3.8) is 0 Å². The van der Waals surface area contributed by atoms with E-state index in [9.17, 15) is 4.39 Å². The van der Waals surface area contributed by atoms with Crippen LogP contribution in [0.2, 0.25) is 0 Å². The molecule has 2 fully saturated rings. The Morgan fingerprint density at radius 2 is 2.28 bits per heavy atom. The number of aliphatic imine (C=N–C) groups is 1. The molecule has 1 N–H and O–H groups in total. The van der Waals surface area contributed by atoms with E-state index in [4.69, 9.17) is 9.73 Å². The van der Waals surface area contributed by atoms with Crippen LogP contribution in [0.5, 0.6) is 0 Å². The Bertz CT molecular complexity index is 576. The summed E-state index contributed by atoms with van der Waals surface area (Å²) in [5, 5.41) is 3.41. The van der Waals surface area contributed by atoms with Crippen LogP contribution >= 0.6 is 24.0 Å². The summed E-state index contributed by atoms with van der Waals surface area (Å²) >= 11 is 0. The van der Waals surface area contributed by atoms with Crippen LogP contribution in [-0.2, 0) is 11.2 Å². The zero-order valence-electron chi connectivity index (χ0n) is 15.0. The molecular weight excluding hydrogens is 432 g/mol. The quantitative estimate of drug-likeness (QED) is 0.316. The number of hydrogen-bond acceptors (Lipinski definition) is 2. The normalized spacial score (nSPS) is 23.1. The van der Waals surface area contributed by atoms with Gasteiger partial charge in [0.1, 0.15) is 5.82 Å². The number of aryl methyl sites for hydroxylation is 1. The maximum absolute atomic E-state index is 13.2. The smallest absolute Gasteiger partial charge is 0.193 e. The number of benzene rings is 1. The molecule has 1 spiro atoms. The number of rotatable bonds is 5. The molecule has 2 saturated heterocycles. The van der Waals surface area contributed by atoms with Gasteiger partial charge in [0.05, 0.1) is 6.61 Å². The second-order valence-electron chi connectivity index (χ2n) is 6.94. The highest BCUT2D eigenvalue weighted by atomic mass is 127. The van der Waals surface area contributed by atoms with Crippen molar-refractivity contribution in [3.05, 3.63) is 35.6 Å². The molecule has 140 valence electrons. The molecule has 0 saturated carbocycles. The van der Waals surface area contributed by atoms with E-state index in [0.717, 1.165) is 63.8 Å². The molecule has 0 aromatic heterocycles. The number of nitrogens with one attached hydrogen (secondary N) is 1. The summed E-state index contributed by atoms with van der Waals surface area (Å²) in [6.45, 7) is 7.63. The van der Waals surface area contributed by atoms with Crippen molar-refractivity contribution in [3.8, 4) is 0 Å². The lowest BCUT2D eigenvalue weighted by atomic mass is 9.87. The van der Waals surface area contributed by atoms with Crippen LogP contribution in [0.25, 0.3) is 0 Å². The first-order valence-corrected chi connectivity index (χ1v) is 9.06. The Hall–Kier alpha value is -0.890. The van der Waals surface area contributed by atoms with Gasteiger partial charge in [0.2, 0.25) is 0 Å². The predicted octanol–water partition coefficient (Wildman–Crippen LogP) is 3.45. The standard InChI is InChI=1S/C19H28FN3O.HI/c1-2-21-18(23-11-8-19(14-23)9-12-24-15-19)22-10-4-6-16-5-3-7-17(20)13-16;/h3,5,7,13H,2,4,6,8-12,14-15H2,1H3,(H,21,22);1H. The SMILES string of the molecule is CCNC(=NCCCc1cccc(F)c1)N1CCC2(CCOC2)C1.I. The lowest BCUT2D eigenvalue weighted by molar-refractivity contribution is 0.156. The molecule has 2 heterocycles. The first-order valence-electron chi connectivity index (χ1n) is 9.06. The fourth-order valence-corrected chi connectivity index (χ4v) is 3.67. The monoisotopic (exact) mass is 461 g/mol. The summed E-state index contributed by atoms with van der Waals surface area (Å²) in [4.78, 5) is 7.16. The summed E-state index contributed by atoms with van der Waals surface area (Å²) in [7, 11) is 0. The van der Waals surface area contributed by atoms with Crippen LogP contribution in [0.3, 0.4) is 0 Å². The molecule has 0 aliphatic carbocycles. The number of hydrogen-bond donors (Lipinski definition) is 1. The molecule has 25 heavy (non-hydrogen) atoms. The van der Waals surface area contributed by atoms with Crippen LogP contribution in [0.4, 0.5) is 4.39 Å². The Balaban J connectivity index is 0.00000225. The molecule has 2 aliphatic heterocycles. The van der Waals surface area contributed by atoms with Crippen LogP contribution in [-0.4, -0.2) is 50.3 Å². The van der Waals surface area contributed by atoms with E-state index in [-0.39, 0.29) is 29.8 Å². The van der Waals surface area contributed by atoms with Crippen LogP contribution in [0, 0.1) is 11.2 Å². The third-order valence-corrected chi connectivity index (χ3v) is 5.03. The summed E-state index contributed by atoms with van der Waals surface area (Å²) < 4.78 is 18.8. The third kappa shape index (κ3) is 5.54. The lowest BCUT2D eigenvalue weighted by Crippen LogP contribution is -2.41. The molecule has 2 aliphatic rings. The fourth-order valence-electron chi connectivity index (χ4n) is 3.67. The summed E-state index contributed by atoms with van der Waals surface area (Å²) in [5.74, 6) is 0.853. The van der Waals surface area contributed by atoms with E-state index in [0.29, 0.717) is 5.41 Å². The summed E-state index contributed by atoms with van der Waals surface area (Å²) in [6.07, 6.45) is 4.15. The zero-order chi connectivity index (χ0) is 16.8. The van der Waals surface area contributed by atoms with Gasteiger partial charge in [-0.1, -0.05) is 12.1 Å². The number of nitrogens with zero attached hydrogens (tertiary/aromatic N) is 2. The van der Waals surface area contributed by atoms with Crippen molar-refractivity contribution >= 4 is 29.9 Å². The van der Waals surface area contributed by atoms with Crippen molar-refractivity contribution in [2.75, 3.05) is 39.4 Å². The first kappa shape index (κ1) is 20.4. The largest absolute Gasteiger partial charge is 0.381 e. The molecule has 0 amide bonds. The van der Waals surface area contributed by atoms with Crippen LogP contribution in [0.1, 0.15) is 31.7 Å². The molecular formula is C19H29FIN3O. The van der Waals surface area contributed by atoms with Gasteiger partial charge in [-0.25, -0.2) is 4.39 Å². The predicted molar refractivity (Wildman–Crippen MR) is 110 cm³/mol. The second-order valence-corrected chi connectivity index (χ2v) is 6.94. The average molecular weight is 461 g/mol. The minimum absolute atomic E-state index is 0. The maximum atomic E-state index is 13.2. The number of likely N-dealkylation sites (tertiary alicyclic amines) is 1. The Labute approximate surface area is 167 Å². The molecule has 0 bridgehead atoms. The highest BCUT2D eigenvalue weighted by molar-refractivity contribution is 14.0. The second kappa shape index (κ2) is 9.71. The molecule has 1 unspecified atom stereocenters. The highest BCUT2D eigenvalue weighted by Gasteiger charge is 2.42. The topological polar surface area (TPSA) is 36.9 Å². The van der Waals surface area contributed by atoms with Gasteiger partial charge in [-0.05, 0) is 50.3 Å². The summed E-state index contributed by atoms with van der Waals surface area (Å²) in [5.41, 5.74) is 1.39. The first-order chi connectivity index (χ1) is 11.7. The molecule has 1 aromatic rings. The molecule has 1 atom stereocenters. The van der Waals surface area contributed by atoms with Crippen molar-refractivity contribution in [1.82, 2.24) is 10.2 Å². The molecule has 4 nitrogen and oxygen atoms in total. The van der Waals surface area contributed by atoms with Crippen molar-refractivity contribution in [2.24, 2.45) is 10.4 Å². The number of ether oxygens (including phenoxy) is 1. The molecule has 6 heteroatoms. The van der Waals surface area contributed by atoms with Gasteiger partial charge >= 0.3 is 0 Å². The van der Waals surface area contributed by atoms with Gasteiger partial charge in [0, 0.05) is 38.2 Å². The van der Waals surface area contributed by atoms with Crippen molar-refractivity contribution < 1.29 is 9.13 Å². The van der Waals surface area contributed by atoms with Gasteiger partial charge in [-0.15, -0.1) is 24.0 Å². The van der Waals surface area contributed by atoms with Crippen molar-refractivity contribution in [2.45, 2.75) is 32.6 Å². The van der Waals surface area contributed by atoms with Gasteiger partial charge in [-0.2, -0.15) is 0 Å².